The summed E-state index contributed by atoms with van der Waals surface area (Å²) < 4.78 is 41.0. The third kappa shape index (κ3) is 11.5. The molecule has 0 radical (unpaired) electrons. The summed E-state index contributed by atoms with van der Waals surface area (Å²) in [6, 6.07) is 7.21. The lowest BCUT2D eigenvalue weighted by Crippen LogP contribution is -2.07. The van der Waals surface area contributed by atoms with Gasteiger partial charge in [-0.25, -0.2) is 4.58 Å². The first kappa shape index (κ1) is 19.0. The Kier molecular flexibility index (Phi) is 7.55. The zero-order valence-corrected chi connectivity index (χ0v) is 12.4. The van der Waals surface area contributed by atoms with Crippen LogP contribution in [0, 0.1) is 0 Å². The van der Waals surface area contributed by atoms with Crippen LogP contribution in [0.3, 0.4) is 0 Å². The number of phenols is 1. The van der Waals surface area contributed by atoms with Crippen LogP contribution in [0.2, 0.25) is 0 Å². The molecule has 1 rings (SSSR count). The van der Waals surface area contributed by atoms with Crippen LogP contribution in [0.4, 0.5) is 17.3 Å². The topological polar surface area (TPSA) is 26.5 Å². The van der Waals surface area contributed by atoms with E-state index in [-0.39, 0.29) is 5.75 Å². The normalized spacial score (nSPS) is 11.3. The van der Waals surface area contributed by atoms with Crippen molar-refractivity contribution in [2.24, 2.45) is 0 Å². The van der Waals surface area contributed by atoms with E-state index < -0.39 is 7.25 Å². The van der Waals surface area contributed by atoms with Gasteiger partial charge >= 0.3 is 7.25 Å². The molecule has 0 fully saturated rings. The van der Waals surface area contributed by atoms with Crippen molar-refractivity contribution < 1.29 is 26.9 Å². The van der Waals surface area contributed by atoms with Crippen LogP contribution in [0.1, 0.15) is 5.56 Å². The van der Waals surface area contributed by atoms with E-state index in [0.29, 0.717) is 0 Å². The summed E-state index contributed by atoms with van der Waals surface area (Å²) in [6.07, 6.45) is 4.10. The number of rotatable bonds is 3. The monoisotopic (exact) mass is 306 g/mol. The van der Waals surface area contributed by atoms with E-state index >= 15 is 0 Å². The minimum absolute atomic E-state index is 0.290. The number of nitrogens with zero attached hydrogens (tertiary/aromatic N) is 2. The zero-order valence-electron chi connectivity index (χ0n) is 12.4. The number of aromatic hydroxyl groups is 1. The molecule has 1 N–H and O–H groups in total. The smallest absolute Gasteiger partial charge is 0.508 e. The molecule has 8 heteroatoms. The average Bonchev–Trinajstić information content (AvgIpc) is 2.25. The van der Waals surface area contributed by atoms with Crippen LogP contribution in [0.5, 0.6) is 5.75 Å². The van der Waals surface area contributed by atoms with Crippen molar-refractivity contribution in [2.45, 2.75) is 0 Å². The summed E-state index contributed by atoms with van der Waals surface area (Å²) >= 11 is 0. The van der Waals surface area contributed by atoms with E-state index in [1.807, 2.05) is 62.2 Å². The van der Waals surface area contributed by atoms with Crippen molar-refractivity contribution in [3.63, 3.8) is 0 Å². The molecule has 0 aliphatic carbocycles. The summed E-state index contributed by atoms with van der Waals surface area (Å²) in [5.41, 5.74) is 2.19. The molecule has 0 amide bonds. The van der Waals surface area contributed by atoms with Crippen molar-refractivity contribution in [2.75, 3.05) is 28.2 Å². The largest absolute Gasteiger partial charge is 0.673 e. The number of benzene rings is 1. The Morgan fingerprint density at radius 2 is 1.52 bits per heavy atom. The maximum Gasteiger partial charge on any atom is 0.673 e. The number of halogens is 4. The summed E-state index contributed by atoms with van der Waals surface area (Å²) in [6.45, 7) is 0. The highest BCUT2D eigenvalue weighted by atomic mass is 19.5. The van der Waals surface area contributed by atoms with Crippen molar-refractivity contribution in [1.29, 1.82) is 0 Å². The molecule has 1 aromatic carbocycles. The number of allylic oxidation sites excluding steroid dienone is 1. The molecule has 0 spiro atoms. The zero-order chi connectivity index (χ0) is 16.6. The second-order valence-electron chi connectivity index (χ2n) is 4.68. The van der Waals surface area contributed by atoms with E-state index in [1.165, 1.54) is 0 Å². The van der Waals surface area contributed by atoms with Crippen LogP contribution in [0.25, 0.3) is 5.57 Å². The second-order valence-corrected chi connectivity index (χ2v) is 4.68. The highest BCUT2D eigenvalue weighted by molar-refractivity contribution is 6.50. The van der Waals surface area contributed by atoms with Gasteiger partial charge in [-0.3, -0.25) is 0 Å². The van der Waals surface area contributed by atoms with Gasteiger partial charge in [0.2, 0.25) is 0 Å². The van der Waals surface area contributed by atoms with Crippen LogP contribution >= 0.6 is 0 Å². The number of phenolic OH excluding ortho intramolecular Hbond substituents is 1. The van der Waals surface area contributed by atoms with Gasteiger partial charge in [-0.1, -0.05) is 12.1 Å². The van der Waals surface area contributed by atoms with E-state index in [4.69, 9.17) is 0 Å². The molecule has 3 nitrogen and oxygen atoms in total. The number of hydrogen-bond acceptors (Lipinski definition) is 2. The maximum atomic E-state index is 9.75. The van der Waals surface area contributed by atoms with Crippen LogP contribution in [0.15, 0.2) is 30.5 Å². The Hall–Kier alpha value is -1.99. The van der Waals surface area contributed by atoms with Gasteiger partial charge in [0.15, 0.2) is 6.21 Å². The van der Waals surface area contributed by atoms with Gasteiger partial charge in [0.05, 0.1) is 5.57 Å². The van der Waals surface area contributed by atoms with Crippen LogP contribution in [-0.4, -0.2) is 56.2 Å². The molecular formula is C13H19BF4N2O. The fraction of sp³-hybridized carbons (Fsp3) is 0.308. The highest BCUT2D eigenvalue weighted by Gasteiger charge is 2.20. The van der Waals surface area contributed by atoms with Gasteiger partial charge in [-0.05, 0) is 17.7 Å². The number of hydrogen-bond donors (Lipinski definition) is 1. The molecule has 0 aliphatic heterocycles. The molecule has 0 bridgehead atoms. The third-order valence-corrected chi connectivity index (χ3v) is 2.00. The van der Waals surface area contributed by atoms with Crippen molar-refractivity contribution in [1.82, 2.24) is 4.90 Å². The Bertz CT molecular complexity index is 486. The van der Waals surface area contributed by atoms with Crippen LogP contribution in [-0.2, 0) is 0 Å². The Morgan fingerprint density at radius 3 is 1.86 bits per heavy atom. The minimum Gasteiger partial charge on any atom is -0.508 e. The van der Waals surface area contributed by atoms with Crippen molar-refractivity contribution in [3.8, 4) is 5.75 Å². The molecule has 0 aromatic heterocycles. The average molecular weight is 306 g/mol. The molecule has 0 unspecified atom stereocenters. The molecule has 0 saturated heterocycles. The molecule has 1 aromatic rings. The summed E-state index contributed by atoms with van der Waals surface area (Å²) in [5.74, 6) is 0.290. The fourth-order valence-electron chi connectivity index (χ4n) is 1.39. The molecular weight excluding hydrogens is 287 g/mol. The van der Waals surface area contributed by atoms with E-state index in [0.717, 1.165) is 11.1 Å². The van der Waals surface area contributed by atoms with Gasteiger partial charge in [-0.15, -0.1) is 0 Å². The lowest BCUT2D eigenvalue weighted by molar-refractivity contribution is -0.458. The first-order chi connectivity index (χ1) is 9.49. The minimum atomic E-state index is -6.00. The van der Waals surface area contributed by atoms with Gasteiger partial charge in [0, 0.05) is 20.3 Å². The summed E-state index contributed by atoms with van der Waals surface area (Å²) in [7, 11) is 1.96. The summed E-state index contributed by atoms with van der Waals surface area (Å²) in [5, 5.41) is 9.25. The van der Waals surface area contributed by atoms with E-state index in [9.17, 15) is 22.4 Å². The maximum absolute atomic E-state index is 9.75. The Balaban J connectivity index is 0.000000690. The third-order valence-electron chi connectivity index (χ3n) is 2.00. The Labute approximate surface area is 121 Å². The molecule has 0 aliphatic rings. The predicted molar refractivity (Wildman–Crippen MR) is 78.1 cm³/mol. The second kappa shape index (κ2) is 8.33. The molecule has 0 heterocycles. The van der Waals surface area contributed by atoms with Gasteiger partial charge in [0.25, 0.3) is 0 Å². The first-order valence-corrected chi connectivity index (χ1v) is 6.05. The standard InChI is InChI=1S/C13H18N2O.BF4/c1-14(2)9-12(10-15(3)4)11-5-7-13(16)8-6-11;2-1(3,4)5/h5-10H,1-4H3;/q;-1/p+1. The van der Waals surface area contributed by atoms with E-state index in [2.05, 4.69) is 0 Å². The highest BCUT2D eigenvalue weighted by Crippen LogP contribution is 2.16. The molecule has 0 saturated carbocycles. The van der Waals surface area contributed by atoms with E-state index in [1.54, 1.807) is 12.1 Å². The van der Waals surface area contributed by atoms with Crippen molar-refractivity contribution >= 4 is 19.0 Å². The Morgan fingerprint density at radius 1 is 1.10 bits per heavy atom. The van der Waals surface area contributed by atoms with Gasteiger partial charge in [-0.2, -0.15) is 0 Å². The lowest BCUT2D eigenvalue weighted by atomic mass is 10.1. The van der Waals surface area contributed by atoms with Gasteiger partial charge in [0.1, 0.15) is 19.8 Å². The lowest BCUT2D eigenvalue weighted by Gasteiger charge is -2.08. The molecule has 21 heavy (non-hydrogen) atoms. The van der Waals surface area contributed by atoms with Crippen LogP contribution < -0.4 is 0 Å². The molecule has 118 valence electrons. The first-order valence-electron chi connectivity index (χ1n) is 6.05. The quantitative estimate of drug-likeness (QED) is 0.402. The van der Waals surface area contributed by atoms with Crippen molar-refractivity contribution in [3.05, 3.63) is 36.0 Å². The predicted octanol–water partition coefficient (Wildman–Crippen LogP) is 2.94. The summed E-state index contributed by atoms with van der Waals surface area (Å²) in [4.78, 5) is 2.00. The van der Waals surface area contributed by atoms with Gasteiger partial charge < -0.3 is 27.3 Å². The SMILES string of the molecule is CN(C)/C=C(\C=[N+](C)C)c1ccc(O)cc1.F[B-](F)(F)F. The molecule has 0 atom stereocenters. The fourth-order valence-corrected chi connectivity index (χ4v) is 1.39.